The van der Waals surface area contributed by atoms with E-state index in [1.54, 1.807) is 0 Å². The van der Waals surface area contributed by atoms with Crippen LogP contribution in [0.2, 0.25) is 0 Å². The summed E-state index contributed by atoms with van der Waals surface area (Å²) in [5.41, 5.74) is 2.69. The summed E-state index contributed by atoms with van der Waals surface area (Å²) < 4.78 is 5.51. The molecule has 0 spiro atoms. The van der Waals surface area contributed by atoms with Gasteiger partial charge in [0, 0.05) is 19.3 Å². The molecule has 3 nitrogen and oxygen atoms in total. The van der Waals surface area contributed by atoms with Crippen LogP contribution in [0.3, 0.4) is 0 Å². The Balaban J connectivity index is 1.56. The van der Waals surface area contributed by atoms with Gasteiger partial charge in [-0.2, -0.15) is 0 Å². The second-order valence-electron chi connectivity index (χ2n) is 5.13. The van der Waals surface area contributed by atoms with Crippen LogP contribution in [0, 0.1) is 5.92 Å². The predicted molar refractivity (Wildman–Crippen MR) is 66.8 cm³/mol. The van der Waals surface area contributed by atoms with Crippen molar-refractivity contribution in [2.24, 2.45) is 5.92 Å². The number of nitrogens with zero attached hydrogens (tertiary/aromatic N) is 1. The van der Waals surface area contributed by atoms with Gasteiger partial charge in [-0.15, -0.1) is 0 Å². The van der Waals surface area contributed by atoms with Gasteiger partial charge >= 0.3 is 0 Å². The lowest BCUT2D eigenvalue weighted by molar-refractivity contribution is 0.0537. The maximum absolute atomic E-state index is 5.51. The minimum absolute atomic E-state index is 0.466. The molecule has 0 bridgehead atoms. The molecule has 1 saturated heterocycles. The van der Waals surface area contributed by atoms with E-state index in [-0.39, 0.29) is 0 Å². The molecule has 3 heteroatoms. The van der Waals surface area contributed by atoms with Gasteiger partial charge in [0.1, 0.15) is 0 Å². The smallest absolute Gasteiger partial charge is 0.0605 e. The molecule has 0 saturated carbocycles. The Labute approximate surface area is 103 Å². The molecular formula is C14H20N2O. The summed E-state index contributed by atoms with van der Waals surface area (Å²) in [7, 11) is 0. The van der Waals surface area contributed by atoms with Crippen LogP contribution in [0.15, 0.2) is 18.3 Å². The first-order valence-electron chi connectivity index (χ1n) is 6.68. The normalized spacial score (nSPS) is 28.0. The number of hydrogen-bond acceptors (Lipinski definition) is 3. The maximum atomic E-state index is 5.51. The molecule has 3 rings (SSSR count). The molecule has 1 fully saturated rings. The van der Waals surface area contributed by atoms with Crippen molar-refractivity contribution in [2.75, 3.05) is 19.8 Å². The number of aryl methyl sites for hydroxylation is 1. The highest BCUT2D eigenvalue weighted by molar-refractivity contribution is 5.27. The quantitative estimate of drug-likeness (QED) is 0.866. The summed E-state index contributed by atoms with van der Waals surface area (Å²) in [6.45, 7) is 2.94. The van der Waals surface area contributed by atoms with Gasteiger partial charge in [-0.25, -0.2) is 0 Å². The highest BCUT2D eigenvalue weighted by Crippen LogP contribution is 2.29. The number of ether oxygens (including phenoxy) is 1. The first-order chi connectivity index (χ1) is 8.43. The van der Waals surface area contributed by atoms with Crippen LogP contribution in [-0.4, -0.2) is 24.7 Å². The number of nitrogens with one attached hydrogen (secondary N) is 1. The molecular weight excluding hydrogens is 212 g/mol. The number of pyridine rings is 1. The van der Waals surface area contributed by atoms with Crippen LogP contribution in [-0.2, 0) is 11.2 Å². The Bertz CT molecular complexity index is 374. The van der Waals surface area contributed by atoms with E-state index in [2.05, 4.69) is 16.4 Å². The average Bonchev–Trinajstić information content (AvgIpc) is 2.81. The van der Waals surface area contributed by atoms with Crippen LogP contribution < -0.4 is 5.32 Å². The molecule has 17 heavy (non-hydrogen) atoms. The molecule has 0 aromatic carbocycles. The van der Waals surface area contributed by atoms with Crippen molar-refractivity contribution in [3.63, 3.8) is 0 Å². The van der Waals surface area contributed by atoms with E-state index in [9.17, 15) is 0 Å². The summed E-state index contributed by atoms with van der Waals surface area (Å²) in [6, 6.07) is 4.71. The van der Waals surface area contributed by atoms with Crippen LogP contribution in [0.4, 0.5) is 0 Å². The van der Waals surface area contributed by atoms with Gasteiger partial charge in [-0.1, -0.05) is 6.07 Å². The van der Waals surface area contributed by atoms with Crippen LogP contribution in [0.5, 0.6) is 0 Å². The molecule has 2 heterocycles. The first kappa shape index (κ1) is 11.2. The Morgan fingerprint density at radius 3 is 3.29 bits per heavy atom. The Morgan fingerprint density at radius 2 is 2.41 bits per heavy atom. The zero-order valence-corrected chi connectivity index (χ0v) is 10.2. The van der Waals surface area contributed by atoms with Crippen molar-refractivity contribution < 1.29 is 4.74 Å². The fourth-order valence-corrected chi connectivity index (χ4v) is 2.89. The minimum atomic E-state index is 0.466. The second kappa shape index (κ2) is 5.15. The molecule has 0 radical (unpaired) electrons. The van der Waals surface area contributed by atoms with E-state index in [1.807, 2.05) is 12.3 Å². The molecule has 1 N–H and O–H groups in total. The Kier molecular flexibility index (Phi) is 3.39. The SMILES string of the molecule is c1cnc2c(c1)CCC2NCC1CCCOC1. The average molecular weight is 232 g/mol. The maximum Gasteiger partial charge on any atom is 0.0605 e. The lowest BCUT2D eigenvalue weighted by atomic mass is 10.0. The van der Waals surface area contributed by atoms with E-state index in [0.29, 0.717) is 12.0 Å². The van der Waals surface area contributed by atoms with E-state index in [0.717, 1.165) is 19.8 Å². The van der Waals surface area contributed by atoms with Crippen molar-refractivity contribution in [1.29, 1.82) is 0 Å². The summed E-state index contributed by atoms with van der Waals surface area (Å²) in [5, 5.41) is 3.66. The minimum Gasteiger partial charge on any atom is -0.381 e. The van der Waals surface area contributed by atoms with Gasteiger partial charge < -0.3 is 10.1 Å². The predicted octanol–water partition coefficient (Wildman–Crippen LogP) is 2.09. The highest BCUT2D eigenvalue weighted by atomic mass is 16.5. The third kappa shape index (κ3) is 2.50. The summed E-state index contributed by atoms with van der Waals surface area (Å²) >= 11 is 0. The molecule has 1 aromatic heterocycles. The molecule has 1 aromatic rings. The number of aromatic nitrogens is 1. The Hall–Kier alpha value is -0.930. The molecule has 2 atom stereocenters. The van der Waals surface area contributed by atoms with E-state index < -0.39 is 0 Å². The molecule has 2 unspecified atom stereocenters. The van der Waals surface area contributed by atoms with Crippen molar-refractivity contribution in [3.8, 4) is 0 Å². The summed E-state index contributed by atoms with van der Waals surface area (Å²) in [6.07, 6.45) is 6.78. The van der Waals surface area contributed by atoms with E-state index >= 15 is 0 Å². The molecule has 1 aliphatic heterocycles. The van der Waals surface area contributed by atoms with Crippen molar-refractivity contribution in [1.82, 2.24) is 10.3 Å². The summed E-state index contributed by atoms with van der Waals surface area (Å²) in [4.78, 5) is 4.51. The van der Waals surface area contributed by atoms with E-state index in [4.69, 9.17) is 4.74 Å². The highest BCUT2D eigenvalue weighted by Gasteiger charge is 2.24. The zero-order chi connectivity index (χ0) is 11.5. The van der Waals surface area contributed by atoms with Gasteiger partial charge in [0.2, 0.25) is 0 Å². The second-order valence-corrected chi connectivity index (χ2v) is 5.13. The van der Waals surface area contributed by atoms with Crippen LogP contribution in [0.25, 0.3) is 0 Å². The third-order valence-corrected chi connectivity index (χ3v) is 3.87. The zero-order valence-electron chi connectivity index (χ0n) is 10.2. The van der Waals surface area contributed by atoms with Gasteiger partial charge in [0.05, 0.1) is 18.3 Å². The van der Waals surface area contributed by atoms with Gasteiger partial charge in [0.25, 0.3) is 0 Å². The van der Waals surface area contributed by atoms with E-state index in [1.165, 1.54) is 36.9 Å². The first-order valence-corrected chi connectivity index (χ1v) is 6.68. The van der Waals surface area contributed by atoms with Crippen molar-refractivity contribution in [2.45, 2.75) is 31.7 Å². The largest absolute Gasteiger partial charge is 0.381 e. The van der Waals surface area contributed by atoms with Gasteiger partial charge in [-0.05, 0) is 43.2 Å². The Morgan fingerprint density at radius 1 is 1.41 bits per heavy atom. The fourth-order valence-electron chi connectivity index (χ4n) is 2.89. The molecule has 2 aliphatic rings. The molecule has 1 aliphatic carbocycles. The summed E-state index contributed by atoms with van der Waals surface area (Å²) in [5.74, 6) is 0.691. The topological polar surface area (TPSA) is 34.2 Å². The third-order valence-electron chi connectivity index (χ3n) is 3.87. The lowest BCUT2D eigenvalue weighted by Gasteiger charge is -2.24. The van der Waals surface area contributed by atoms with Crippen LogP contribution in [0.1, 0.15) is 36.6 Å². The van der Waals surface area contributed by atoms with Gasteiger partial charge in [-0.3, -0.25) is 4.98 Å². The monoisotopic (exact) mass is 232 g/mol. The standard InChI is InChI=1S/C14H20N2O/c1-4-12-5-6-13(14(12)15-7-1)16-9-11-3-2-8-17-10-11/h1,4,7,11,13,16H,2-3,5-6,8-10H2. The van der Waals surface area contributed by atoms with Crippen molar-refractivity contribution in [3.05, 3.63) is 29.6 Å². The number of rotatable bonds is 3. The fraction of sp³-hybridized carbons (Fsp3) is 0.643. The van der Waals surface area contributed by atoms with Crippen LogP contribution >= 0.6 is 0 Å². The molecule has 92 valence electrons. The van der Waals surface area contributed by atoms with Gasteiger partial charge in [0.15, 0.2) is 0 Å². The number of hydrogen-bond donors (Lipinski definition) is 1. The molecule has 0 amide bonds. The lowest BCUT2D eigenvalue weighted by Crippen LogP contribution is -2.31. The van der Waals surface area contributed by atoms with Crippen molar-refractivity contribution >= 4 is 0 Å². The number of fused-ring (bicyclic) bond motifs is 1.